The Morgan fingerprint density at radius 3 is 2.72 bits per heavy atom. The van der Waals surface area contributed by atoms with Gasteiger partial charge in [-0.2, -0.15) is 0 Å². The summed E-state index contributed by atoms with van der Waals surface area (Å²) in [5.41, 5.74) is 1.66. The van der Waals surface area contributed by atoms with E-state index >= 15 is 0 Å². The molecule has 2 heterocycles. The molecule has 0 unspecified atom stereocenters. The monoisotopic (exact) mass is 417 g/mol. The van der Waals surface area contributed by atoms with Gasteiger partial charge in [-0.25, -0.2) is 8.42 Å². The summed E-state index contributed by atoms with van der Waals surface area (Å²) in [5, 5.41) is 5.31. The number of amides is 2. The summed E-state index contributed by atoms with van der Waals surface area (Å²) < 4.78 is 30.8. The topological polar surface area (TPSA) is 110 Å². The molecule has 154 valence electrons. The maximum Gasteiger partial charge on any atom is 0.230 e. The lowest BCUT2D eigenvalue weighted by Gasteiger charge is -2.18. The van der Waals surface area contributed by atoms with E-state index in [0.717, 1.165) is 24.1 Å². The van der Waals surface area contributed by atoms with Crippen LogP contribution in [-0.4, -0.2) is 37.2 Å². The molecule has 2 aliphatic rings. The number of carbonyl (C=O) groups excluding carboxylic acids is 2. The van der Waals surface area contributed by atoms with Gasteiger partial charge in [0.15, 0.2) is 15.7 Å². The molecule has 0 spiro atoms. The fraction of sp³-hybridized carbons (Fsp3) is 0.450. The molecule has 1 aliphatic heterocycles. The zero-order valence-electron chi connectivity index (χ0n) is 16.3. The summed E-state index contributed by atoms with van der Waals surface area (Å²) in [7, 11) is -3.69. The van der Waals surface area contributed by atoms with E-state index in [4.69, 9.17) is 4.52 Å². The van der Waals surface area contributed by atoms with Crippen molar-refractivity contribution >= 4 is 33.2 Å². The first-order valence-corrected chi connectivity index (χ1v) is 11.2. The highest BCUT2D eigenvalue weighted by Gasteiger charge is 2.37. The standard InChI is InChI=1S/C20H23N3O5S/c1-12-9-18(22-28-12)21-19(24)10-13(2)29(26,27)16-5-6-17-15(11-16)7-8-23(17)20(25)14-3-4-14/h5-6,9,11,13-14H,3-4,7-8,10H2,1-2H3,(H,21,22,24)/t13-/m1/s1. The SMILES string of the molecule is Cc1cc(NC(=O)C[C@@H](C)S(=O)(=O)c2ccc3c(c2)CCN3C(=O)C2CC2)no1. The van der Waals surface area contributed by atoms with Crippen LogP contribution in [0.1, 0.15) is 37.5 Å². The van der Waals surface area contributed by atoms with Gasteiger partial charge >= 0.3 is 0 Å². The molecule has 1 aromatic carbocycles. The van der Waals surface area contributed by atoms with Gasteiger partial charge in [-0.15, -0.1) is 0 Å². The summed E-state index contributed by atoms with van der Waals surface area (Å²) in [6.07, 6.45) is 2.31. The number of rotatable bonds is 6. The highest BCUT2D eigenvalue weighted by Crippen LogP contribution is 2.37. The van der Waals surface area contributed by atoms with Gasteiger partial charge < -0.3 is 14.7 Å². The molecule has 1 N–H and O–H groups in total. The third-order valence-electron chi connectivity index (χ3n) is 5.37. The molecule has 29 heavy (non-hydrogen) atoms. The Kier molecular flexibility index (Phi) is 4.94. The summed E-state index contributed by atoms with van der Waals surface area (Å²) in [6.45, 7) is 3.80. The van der Waals surface area contributed by atoms with E-state index in [9.17, 15) is 18.0 Å². The van der Waals surface area contributed by atoms with Gasteiger partial charge in [-0.05, 0) is 56.9 Å². The second-order valence-electron chi connectivity index (χ2n) is 7.74. The molecule has 2 aromatic rings. The fourth-order valence-electron chi connectivity index (χ4n) is 3.56. The molecule has 0 radical (unpaired) electrons. The number of aromatic nitrogens is 1. The first-order chi connectivity index (χ1) is 13.8. The molecule has 0 bridgehead atoms. The molecule has 1 aromatic heterocycles. The number of anilines is 2. The van der Waals surface area contributed by atoms with Crippen LogP contribution >= 0.6 is 0 Å². The van der Waals surface area contributed by atoms with Crippen LogP contribution in [0.3, 0.4) is 0 Å². The lowest BCUT2D eigenvalue weighted by molar-refractivity contribution is -0.119. The van der Waals surface area contributed by atoms with Crippen LogP contribution in [0.2, 0.25) is 0 Å². The van der Waals surface area contributed by atoms with Crippen LogP contribution in [0.25, 0.3) is 0 Å². The van der Waals surface area contributed by atoms with E-state index in [2.05, 4.69) is 10.5 Å². The van der Waals surface area contributed by atoms with Crippen molar-refractivity contribution in [3.63, 3.8) is 0 Å². The van der Waals surface area contributed by atoms with Crippen molar-refractivity contribution < 1.29 is 22.5 Å². The molecule has 1 saturated carbocycles. The second kappa shape index (κ2) is 7.29. The molecular formula is C20H23N3O5S. The van der Waals surface area contributed by atoms with E-state index in [1.807, 2.05) is 0 Å². The third kappa shape index (κ3) is 3.91. The molecule has 0 saturated heterocycles. The van der Waals surface area contributed by atoms with E-state index in [-0.39, 0.29) is 29.0 Å². The predicted molar refractivity (Wildman–Crippen MR) is 106 cm³/mol. The van der Waals surface area contributed by atoms with Gasteiger partial charge in [-0.3, -0.25) is 9.59 Å². The maximum absolute atomic E-state index is 13.0. The average molecular weight is 417 g/mol. The summed E-state index contributed by atoms with van der Waals surface area (Å²) in [6, 6.07) is 6.44. The lowest BCUT2D eigenvalue weighted by Crippen LogP contribution is -2.30. The van der Waals surface area contributed by atoms with Gasteiger partial charge in [-0.1, -0.05) is 5.16 Å². The van der Waals surface area contributed by atoms with Crippen LogP contribution < -0.4 is 10.2 Å². The number of benzene rings is 1. The van der Waals surface area contributed by atoms with Crippen molar-refractivity contribution in [1.82, 2.24) is 5.16 Å². The largest absolute Gasteiger partial charge is 0.360 e. The Hall–Kier alpha value is -2.68. The molecule has 1 atom stereocenters. The van der Waals surface area contributed by atoms with E-state index in [1.165, 1.54) is 13.0 Å². The summed E-state index contributed by atoms with van der Waals surface area (Å²) in [5.74, 6) is 0.615. The number of carbonyl (C=O) groups is 2. The Balaban J connectivity index is 1.47. The number of nitrogens with one attached hydrogen (secondary N) is 1. The molecule has 2 amide bonds. The smallest absolute Gasteiger partial charge is 0.230 e. The predicted octanol–water partition coefficient (Wildman–Crippen LogP) is 2.47. The lowest BCUT2D eigenvalue weighted by atomic mass is 10.2. The fourth-order valence-corrected chi connectivity index (χ4v) is 4.96. The van der Waals surface area contributed by atoms with Gasteiger partial charge in [0.1, 0.15) is 5.76 Å². The number of sulfone groups is 1. The number of fused-ring (bicyclic) bond motifs is 1. The van der Waals surface area contributed by atoms with Crippen molar-refractivity contribution in [1.29, 1.82) is 0 Å². The zero-order valence-corrected chi connectivity index (χ0v) is 17.2. The van der Waals surface area contributed by atoms with E-state index < -0.39 is 21.0 Å². The Labute approximate surface area is 169 Å². The number of hydrogen-bond donors (Lipinski definition) is 1. The van der Waals surface area contributed by atoms with Gasteiger partial charge in [0.2, 0.25) is 11.8 Å². The van der Waals surface area contributed by atoms with Gasteiger partial charge in [0.05, 0.1) is 10.1 Å². The second-order valence-corrected chi connectivity index (χ2v) is 10.1. The number of hydrogen-bond acceptors (Lipinski definition) is 6. The van der Waals surface area contributed by atoms with Crippen LogP contribution in [0, 0.1) is 12.8 Å². The van der Waals surface area contributed by atoms with Crippen molar-refractivity contribution in [2.75, 3.05) is 16.8 Å². The van der Waals surface area contributed by atoms with E-state index in [0.29, 0.717) is 18.7 Å². The summed E-state index contributed by atoms with van der Waals surface area (Å²) >= 11 is 0. The molecule has 9 heteroatoms. The number of nitrogens with zero attached hydrogens (tertiary/aromatic N) is 2. The van der Waals surface area contributed by atoms with Gasteiger partial charge in [0, 0.05) is 30.6 Å². The quantitative estimate of drug-likeness (QED) is 0.773. The highest BCUT2D eigenvalue weighted by atomic mass is 32.2. The van der Waals surface area contributed by atoms with Crippen LogP contribution in [0.5, 0.6) is 0 Å². The highest BCUT2D eigenvalue weighted by molar-refractivity contribution is 7.92. The molecule has 4 rings (SSSR count). The third-order valence-corrected chi connectivity index (χ3v) is 7.50. The molecule has 1 aliphatic carbocycles. The van der Waals surface area contributed by atoms with Crippen molar-refractivity contribution in [2.45, 2.75) is 49.7 Å². The molecule has 8 nitrogen and oxygen atoms in total. The van der Waals surface area contributed by atoms with Crippen molar-refractivity contribution in [3.8, 4) is 0 Å². The van der Waals surface area contributed by atoms with Crippen molar-refractivity contribution in [3.05, 3.63) is 35.6 Å². The normalized spacial score (nSPS) is 17.1. The Bertz CT molecular complexity index is 1070. The molecular weight excluding hydrogens is 394 g/mol. The maximum atomic E-state index is 13.0. The zero-order chi connectivity index (χ0) is 20.8. The molecule has 1 fully saturated rings. The minimum atomic E-state index is -3.69. The van der Waals surface area contributed by atoms with E-state index in [1.54, 1.807) is 30.0 Å². The first-order valence-electron chi connectivity index (χ1n) is 9.67. The average Bonchev–Trinajstić information content (AvgIpc) is 3.32. The van der Waals surface area contributed by atoms with Crippen LogP contribution in [0.15, 0.2) is 33.7 Å². The Morgan fingerprint density at radius 2 is 2.07 bits per heavy atom. The summed E-state index contributed by atoms with van der Waals surface area (Å²) in [4.78, 5) is 26.5. The minimum absolute atomic E-state index is 0.122. The van der Waals surface area contributed by atoms with Crippen molar-refractivity contribution in [2.24, 2.45) is 5.92 Å². The minimum Gasteiger partial charge on any atom is -0.360 e. The first kappa shape index (κ1) is 19.6. The van der Waals surface area contributed by atoms with Gasteiger partial charge in [0.25, 0.3) is 0 Å². The number of aryl methyl sites for hydroxylation is 1. The van der Waals surface area contributed by atoms with Crippen LogP contribution in [-0.2, 0) is 25.8 Å². The Morgan fingerprint density at radius 1 is 1.31 bits per heavy atom. The van der Waals surface area contributed by atoms with Crippen LogP contribution in [0.4, 0.5) is 11.5 Å².